The van der Waals surface area contributed by atoms with Crippen LogP contribution in [0.25, 0.3) is 10.2 Å². The molecule has 31 heavy (non-hydrogen) atoms. The summed E-state index contributed by atoms with van der Waals surface area (Å²) in [7, 11) is 0. The largest absolute Gasteiger partial charge is 0.301 e. The minimum Gasteiger partial charge on any atom is -0.301 e. The van der Waals surface area contributed by atoms with Crippen LogP contribution in [0.5, 0.6) is 0 Å². The molecule has 2 amide bonds. The van der Waals surface area contributed by atoms with Gasteiger partial charge in [-0.1, -0.05) is 41.7 Å². The van der Waals surface area contributed by atoms with Crippen LogP contribution in [0.1, 0.15) is 45.3 Å². The normalized spacial score (nSPS) is 15.5. The molecule has 8 heteroatoms. The minimum atomic E-state index is -0.338. The maximum atomic E-state index is 13.1. The Balaban J connectivity index is 1.35. The van der Waals surface area contributed by atoms with Crippen molar-refractivity contribution >= 4 is 55.0 Å². The molecule has 1 unspecified atom stereocenters. The fraction of sp³-hybridized carbons (Fsp3) is 0.217. The van der Waals surface area contributed by atoms with E-state index >= 15 is 0 Å². The van der Waals surface area contributed by atoms with Gasteiger partial charge in [-0.05, 0) is 49.9 Å². The second-order valence-electron chi connectivity index (χ2n) is 7.52. The van der Waals surface area contributed by atoms with Crippen LogP contribution in [0, 0.1) is 6.92 Å². The van der Waals surface area contributed by atoms with E-state index < -0.39 is 0 Å². The number of thiazole rings is 2. The van der Waals surface area contributed by atoms with Gasteiger partial charge in [-0.15, -0.1) is 11.3 Å². The Morgan fingerprint density at radius 3 is 2.58 bits per heavy atom. The van der Waals surface area contributed by atoms with Gasteiger partial charge in [-0.3, -0.25) is 14.9 Å². The van der Waals surface area contributed by atoms with Crippen LogP contribution in [-0.2, 0) is 11.2 Å². The Hall–Kier alpha value is -3.10. The van der Waals surface area contributed by atoms with Crippen LogP contribution in [0.2, 0.25) is 0 Å². The molecule has 0 saturated carbocycles. The van der Waals surface area contributed by atoms with Crippen LogP contribution < -0.4 is 10.6 Å². The van der Waals surface area contributed by atoms with Gasteiger partial charge in [0.05, 0.1) is 21.8 Å². The van der Waals surface area contributed by atoms with Gasteiger partial charge in [0.1, 0.15) is 0 Å². The number of carbonyl (C=O) groups is 2. The van der Waals surface area contributed by atoms with E-state index in [-0.39, 0.29) is 17.7 Å². The molecular weight excluding hydrogens is 428 g/mol. The lowest BCUT2D eigenvalue weighted by molar-refractivity contribution is -0.117. The summed E-state index contributed by atoms with van der Waals surface area (Å²) in [4.78, 5) is 35.8. The van der Waals surface area contributed by atoms with Crippen molar-refractivity contribution in [1.82, 2.24) is 9.97 Å². The number of hydrogen-bond donors (Lipinski definition) is 2. The molecule has 1 aliphatic carbocycles. The zero-order chi connectivity index (χ0) is 21.4. The number of fused-ring (bicyclic) bond motifs is 2. The van der Waals surface area contributed by atoms with Crippen molar-refractivity contribution in [3.05, 3.63) is 70.2 Å². The highest BCUT2D eigenvalue weighted by Crippen LogP contribution is 2.38. The molecule has 4 aromatic rings. The Labute approximate surface area is 187 Å². The number of nitrogens with zero attached hydrogens (tertiary/aromatic N) is 2. The SMILES string of the molecule is Cc1cccc2sc(NC(=O)C3CCCc4sc(NC(=O)c5ccccc5)nc43)nc12. The van der Waals surface area contributed by atoms with Gasteiger partial charge in [-0.2, -0.15) is 0 Å². The summed E-state index contributed by atoms with van der Waals surface area (Å²) in [5, 5.41) is 7.01. The van der Waals surface area contributed by atoms with E-state index in [1.54, 1.807) is 12.1 Å². The molecule has 1 atom stereocenters. The minimum absolute atomic E-state index is 0.0936. The Morgan fingerprint density at radius 1 is 0.968 bits per heavy atom. The first-order valence-electron chi connectivity index (χ1n) is 10.1. The number of amides is 2. The number of aromatic nitrogens is 2. The second-order valence-corrected chi connectivity index (χ2v) is 9.64. The summed E-state index contributed by atoms with van der Waals surface area (Å²) < 4.78 is 1.05. The summed E-state index contributed by atoms with van der Waals surface area (Å²) in [5.41, 5.74) is 3.37. The van der Waals surface area contributed by atoms with E-state index in [0.717, 1.165) is 45.6 Å². The highest BCUT2D eigenvalue weighted by molar-refractivity contribution is 7.22. The number of carbonyl (C=O) groups excluding carboxylic acids is 2. The van der Waals surface area contributed by atoms with Gasteiger partial charge < -0.3 is 5.32 Å². The zero-order valence-electron chi connectivity index (χ0n) is 16.8. The van der Waals surface area contributed by atoms with E-state index in [2.05, 4.69) is 20.6 Å². The molecule has 0 aliphatic heterocycles. The van der Waals surface area contributed by atoms with E-state index in [0.29, 0.717) is 15.8 Å². The molecule has 5 rings (SSSR count). The molecular formula is C23H20N4O2S2. The molecule has 0 spiro atoms. The summed E-state index contributed by atoms with van der Waals surface area (Å²) in [5.74, 6) is -0.628. The van der Waals surface area contributed by atoms with Gasteiger partial charge in [-0.25, -0.2) is 9.97 Å². The first-order chi connectivity index (χ1) is 15.1. The van der Waals surface area contributed by atoms with Gasteiger partial charge >= 0.3 is 0 Å². The number of anilines is 2. The van der Waals surface area contributed by atoms with Crippen molar-refractivity contribution in [3.8, 4) is 0 Å². The lowest BCUT2D eigenvalue weighted by Gasteiger charge is -2.19. The molecule has 2 heterocycles. The van der Waals surface area contributed by atoms with Crippen LogP contribution in [0.3, 0.4) is 0 Å². The molecule has 0 fully saturated rings. The van der Waals surface area contributed by atoms with Crippen molar-refractivity contribution in [3.63, 3.8) is 0 Å². The Bertz CT molecular complexity index is 1280. The highest BCUT2D eigenvalue weighted by atomic mass is 32.1. The predicted octanol–water partition coefficient (Wildman–Crippen LogP) is 5.37. The number of hydrogen-bond acceptors (Lipinski definition) is 6. The average molecular weight is 449 g/mol. The fourth-order valence-corrected chi connectivity index (χ4v) is 5.82. The molecule has 0 saturated heterocycles. The van der Waals surface area contributed by atoms with Gasteiger partial charge in [0, 0.05) is 10.4 Å². The fourth-order valence-electron chi connectivity index (χ4n) is 3.82. The van der Waals surface area contributed by atoms with E-state index in [9.17, 15) is 9.59 Å². The maximum absolute atomic E-state index is 13.1. The van der Waals surface area contributed by atoms with Crippen molar-refractivity contribution in [2.24, 2.45) is 0 Å². The standard InChI is InChI=1S/C23H20N4O2S2/c1-13-7-5-11-16-18(13)24-22(30-16)27-21(29)15-10-6-12-17-19(15)25-23(31-17)26-20(28)14-8-3-2-4-9-14/h2-5,7-9,11,15H,6,10,12H2,1H3,(H,24,27,29)(H,25,26,28). The number of nitrogens with one attached hydrogen (secondary N) is 2. The third-order valence-electron chi connectivity index (χ3n) is 5.38. The van der Waals surface area contributed by atoms with Crippen molar-refractivity contribution in [2.75, 3.05) is 10.6 Å². The first kappa shape index (κ1) is 19.8. The van der Waals surface area contributed by atoms with Crippen molar-refractivity contribution in [1.29, 1.82) is 0 Å². The molecule has 2 N–H and O–H groups in total. The van der Waals surface area contributed by atoms with Crippen LogP contribution in [0.15, 0.2) is 48.5 Å². The molecule has 1 aliphatic rings. The monoisotopic (exact) mass is 448 g/mol. The van der Waals surface area contributed by atoms with E-state index in [1.807, 2.05) is 43.3 Å². The van der Waals surface area contributed by atoms with E-state index in [4.69, 9.17) is 0 Å². The lowest BCUT2D eigenvalue weighted by atomic mass is 9.90. The molecule has 156 valence electrons. The number of benzene rings is 2. The average Bonchev–Trinajstić information content (AvgIpc) is 3.38. The van der Waals surface area contributed by atoms with Crippen LogP contribution >= 0.6 is 22.7 Å². The highest BCUT2D eigenvalue weighted by Gasteiger charge is 2.31. The van der Waals surface area contributed by atoms with Gasteiger partial charge in [0.25, 0.3) is 5.91 Å². The second kappa shape index (κ2) is 8.20. The molecule has 2 aromatic heterocycles. The smallest absolute Gasteiger partial charge is 0.257 e. The summed E-state index contributed by atoms with van der Waals surface area (Å²) in [6.45, 7) is 2.02. The van der Waals surface area contributed by atoms with Crippen LogP contribution in [-0.4, -0.2) is 21.8 Å². The lowest BCUT2D eigenvalue weighted by Crippen LogP contribution is -2.24. The Morgan fingerprint density at radius 2 is 1.77 bits per heavy atom. The van der Waals surface area contributed by atoms with Crippen molar-refractivity contribution < 1.29 is 9.59 Å². The number of aryl methyl sites for hydroxylation is 2. The first-order valence-corrected chi connectivity index (χ1v) is 11.7. The zero-order valence-corrected chi connectivity index (χ0v) is 18.5. The predicted molar refractivity (Wildman–Crippen MR) is 125 cm³/mol. The molecule has 6 nitrogen and oxygen atoms in total. The summed E-state index contributed by atoms with van der Waals surface area (Å²) >= 11 is 2.93. The van der Waals surface area contributed by atoms with Gasteiger partial charge in [0.2, 0.25) is 5.91 Å². The summed E-state index contributed by atoms with van der Waals surface area (Å²) in [6.07, 6.45) is 2.52. The molecule has 0 radical (unpaired) electrons. The van der Waals surface area contributed by atoms with Crippen molar-refractivity contribution in [2.45, 2.75) is 32.1 Å². The molecule has 2 aromatic carbocycles. The number of para-hydroxylation sites is 1. The maximum Gasteiger partial charge on any atom is 0.257 e. The van der Waals surface area contributed by atoms with E-state index in [1.165, 1.54) is 22.7 Å². The topological polar surface area (TPSA) is 84.0 Å². The summed E-state index contributed by atoms with van der Waals surface area (Å²) in [6, 6.07) is 15.1. The third-order valence-corrected chi connectivity index (χ3v) is 7.36. The third kappa shape index (κ3) is 3.96. The number of rotatable bonds is 4. The molecule has 0 bridgehead atoms. The van der Waals surface area contributed by atoms with Crippen LogP contribution in [0.4, 0.5) is 10.3 Å². The van der Waals surface area contributed by atoms with Gasteiger partial charge in [0.15, 0.2) is 10.3 Å². The quantitative estimate of drug-likeness (QED) is 0.439. The Kier molecular flexibility index (Phi) is 5.25.